The molecular formula is C30H49N3O5. The molecule has 3 amide bonds. The Labute approximate surface area is 229 Å². The van der Waals surface area contributed by atoms with Gasteiger partial charge in [0, 0.05) is 38.8 Å². The third-order valence-corrected chi connectivity index (χ3v) is 8.63. The highest BCUT2D eigenvalue weighted by molar-refractivity contribution is 5.99. The molecule has 38 heavy (non-hydrogen) atoms. The average Bonchev–Trinajstić information content (AvgIpc) is 3.54. The van der Waals surface area contributed by atoms with Crippen LogP contribution in [-0.2, 0) is 19.1 Å². The summed E-state index contributed by atoms with van der Waals surface area (Å²) in [4.78, 5) is 47.7. The standard InChI is InChI=1S/C30H49N3O5/c1-6-14-22(5)32(19-9-4)29(37)26-30-16-15-23(38-30)24(27(35)31(17-7-2)18-8-3)25(30)28(36)33(26)20-12-10-11-13-21-34/h7,9,22-26,34H,2,4,6,8,10-21H2,1,3,5H3/t22?,23-,24+,25-,26?,30?/m0/s1. The van der Waals surface area contributed by atoms with Crippen LogP contribution < -0.4 is 0 Å². The van der Waals surface area contributed by atoms with Crippen molar-refractivity contribution in [1.82, 2.24) is 14.7 Å². The van der Waals surface area contributed by atoms with Crippen molar-refractivity contribution in [2.24, 2.45) is 11.8 Å². The van der Waals surface area contributed by atoms with Crippen molar-refractivity contribution in [3.8, 4) is 0 Å². The molecule has 1 spiro atoms. The highest BCUT2D eigenvalue weighted by atomic mass is 16.5. The lowest BCUT2D eigenvalue weighted by Gasteiger charge is -2.39. The number of fused-ring (bicyclic) bond motifs is 1. The van der Waals surface area contributed by atoms with E-state index in [0.29, 0.717) is 39.0 Å². The van der Waals surface area contributed by atoms with Gasteiger partial charge >= 0.3 is 0 Å². The molecular weight excluding hydrogens is 482 g/mol. The van der Waals surface area contributed by atoms with E-state index in [-0.39, 0.29) is 36.5 Å². The van der Waals surface area contributed by atoms with Crippen molar-refractivity contribution < 1.29 is 24.2 Å². The zero-order valence-corrected chi connectivity index (χ0v) is 23.8. The second kappa shape index (κ2) is 13.7. The van der Waals surface area contributed by atoms with E-state index >= 15 is 0 Å². The van der Waals surface area contributed by atoms with Gasteiger partial charge in [-0.2, -0.15) is 0 Å². The SMILES string of the molecule is C=CCN(CCC)C(=O)[C@@H]1[C@@H]2CCC3(O2)C(C(=O)N(CC=C)C(C)CCC)N(CCCCCCO)C(=O)[C@H]13. The van der Waals surface area contributed by atoms with Crippen LogP contribution in [0.2, 0.25) is 0 Å². The summed E-state index contributed by atoms with van der Waals surface area (Å²) in [5.41, 5.74) is -0.971. The lowest BCUT2D eigenvalue weighted by molar-refractivity contribution is -0.150. The van der Waals surface area contributed by atoms with E-state index in [1.54, 1.807) is 22.0 Å². The Morgan fingerprint density at radius 1 is 1.13 bits per heavy atom. The molecule has 0 aromatic carbocycles. The van der Waals surface area contributed by atoms with Crippen LogP contribution in [0.3, 0.4) is 0 Å². The number of hydrogen-bond acceptors (Lipinski definition) is 5. The normalized spacial score (nSPS) is 28.3. The third kappa shape index (κ3) is 5.71. The second-order valence-electron chi connectivity index (χ2n) is 11.2. The van der Waals surface area contributed by atoms with Crippen LogP contribution in [0, 0.1) is 11.8 Å². The number of rotatable bonds is 17. The number of carbonyl (C=O) groups is 3. The van der Waals surface area contributed by atoms with Crippen molar-refractivity contribution in [3.63, 3.8) is 0 Å². The van der Waals surface area contributed by atoms with E-state index in [9.17, 15) is 14.4 Å². The van der Waals surface area contributed by atoms with Gasteiger partial charge < -0.3 is 24.5 Å². The molecule has 214 valence electrons. The number of ether oxygens (including phenoxy) is 1. The largest absolute Gasteiger partial charge is 0.396 e. The van der Waals surface area contributed by atoms with E-state index in [1.165, 1.54) is 0 Å². The Morgan fingerprint density at radius 3 is 2.47 bits per heavy atom. The molecule has 3 fully saturated rings. The van der Waals surface area contributed by atoms with Gasteiger partial charge in [0.25, 0.3) is 0 Å². The molecule has 0 aliphatic carbocycles. The zero-order valence-electron chi connectivity index (χ0n) is 23.8. The van der Waals surface area contributed by atoms with Gasteiger partial charge in [0.2, 0.25) is 17.7 Å². The number of aliphatic hydroxyl groups excluding tert-OH is 1. The fourth-order valence-electron chi connectivity index (χ4n) is 6.99. The minimum absolute atomic E-state index is 0.00567. The summed E-state index contributed by atoms with van der Waals surface area (Å²) in [5, 5.41) is 9.14. The van der Waals surface area contributed by atoms with Crippen molar-refractivity contribution in [2.45, 2.75) is 102 Å². The van der Waals surface area contributed by atoms with Crippen LogP contribution in [0.1, 0.15) is 78.6 Å². The highest BCUT2D eigenvalue weighted by Crippen LogP contribution is 2.59. The highest BCUT2D eigenvalue weighted by Gasteiger charge is 2.74. The fourth-order valence-corrected chi connectivity index (χ4v) is 6.99. The van der Waals surface area contributed by atoms with Gasteiger partial charge in [-0.05, 0) is 45.4 Å². The number of aliphatic hydroxyl groups is 1. The quantitative estimate of drug-likeness (QED) is 0.229. The molecule has 0 saturated carbocycles. The molecule has 8 nitrogen and oxygen atoms in total. The molecule has 3 rings (SSSR count). The number of hydrogen-bond donors (Lipinski definition) is 1. The van der Waals surface area contributed by atoms with Crippen LogP contribution >= 0.6 is 0 Å². The van der Waals surface area contributed by atoms with E-state index in [2.05, 4.69) is 20.1 Å². The summed E-state index contributed by atoms with van der Waals surface area (Å²) in [6.45, 7) is 15.9. The van der Waals surface area contributed by atoms with Gasteiger partial charge in [0.1, 0.15) is 11.6 Å². The number of carbonyl (C=O) groups excluding carboxylic acids is 3. The van der Waals surface area contributed by atoms with Gasteiger partial charge in [0.05, 0.1) is 17.9 Å². The maximum absolute atomic E-state index is 14.3. The minimum Gasteiger partial charge on any atom is -0.396 e. The van der Waals surface area contributed by atoms with Gasteiger partial charge in [-0.15, -0.1) is 13.2 Å². The van der Waals surface area contributed by atoms with Crippen LogP contribution in [-0.4, -0.2) is 94.1 Å². The lowest BCUT2D eigenvalue weighted by atomic mass is 9.70. The topological polar surface area (TPSA) is 90.4 Å². The Morgan fingerprint density at radius 2 is 1.84 bits per heavy atom. The monoisotopic (exact) mass is 531 g/mol. The van der Waals surface area contributed by atoms with Gasteiger partial charge in [-0.25, -0.2) is 0 Å². The summed E-state index contributed by atoms with van der Waals surface area (Å²) in [6.07, 6.45) is 10.2. The Bertz CT molecular complexity index is 863. The van der Waals surface area contributed by atoms with Crippen LogP contribution in [0.25, 0.3) is 0 Å². The molecule has 0 aromatic heterocycles. The first kappa shape index (κ1) is 30.4. The van der Waals surface area contributed by atoms with Crippen molar-refractivity contribution >= 4 is 17.7 Å². The molecule has 3 saturated heterocycles. The molecule has 1 N–H and O–H groups in total. The number of unbranched alkanes of at least 4 members (excludes halogenated alkanes) is 3. The summed E-state index contributed by atoms with van der Waals surface area (Å²) >= 11 is 0. The summed E-state index contributed by atoms with van der Waals surface area (Å²) in [7, 11) is 0. The van der Waals surface area contributed by atoms with E-state index in [0.717, 1.165) is 44.9 Å². The molecule has 2 bridgehead atoms. The van der Waals surface area contributed by atoms with E-state index in [4.69, 9.17) is 9.84 Å². The average molecular weight is 532 g/mol. The van der Waals surface area contributed by atoms with Crippen LogP contribution in [0.4, 0.5) is 0 Å². The van der Waals surface area contributed by atoms with Crippen LogP contribution in [0.15, 0.2) is 25.3 Å². The molecule has 8 heteroatoms. The first-order chi connectivity index (χ1) is 18.3. The van der Waals surface area contributed by atoms with Crippen molar-refractivity contribution in [2.75, 3.05) is 32.8 Å². The molecule has 3 aliphatic heterocycles. The second-order valence-corrected chi connectivity index (χ2v) is 11.2. The predicted molar refractivity (Wildman–Crippen MR) is 148 cm³/mol. The maximum Gasteiger partial charge on any atom is 0.248 e. The summed E-state index contributed by atoms with van der Waals surface area (Å²) < 4.78 is 6.63. The summed E-state index contributed by atoms with van der Waals surface area (Å²) in [5.74, 6) is -1.49. The molecule has 6 atom stereocenters. The van der Waals surface area contributed by atoms with E-state index in [1.807, 2.05) is 18.7 Å². The Balaban J connectivity index is 1.98. The van der Waals surface area contributed by atoms with Crippen LogP contribution in [0.5, 0.6) is 0 Å². The molecule has 3 aliphatic rings. The Kier molecular flexibility index (Phi) is 11.0. The number of amides is 3. The first-order valence-electron chi connectivity index (χ1n) is 14.7. The van der Waals surface area contributed by atoms with Crippen molar-refractivity contribution in [1.29, 1.82) is 0 Å². The van der Waals surface area contributed by atoms with Gasteiger partial charge in [-0.3, -0.25) is 14.4 Å². The molecule has 3 unspecified atom stereocenters. The number of nitrogens with zero attached hydrogens (tertiary/aromatic N) is 3. The van der Waals surface area contributed by atoms with Gasteiger partial charge in [0.15, 0.2) is 0 Å². The molecule has 3 heterocycles. The zero-order chi connectivity index (χ0) is 27.9. The third-order valence-electron chi connectivity index (χ3n) is 8.63. The molecule has 0 radical (unpaired) electrons. The minimum atomic E-state index is -0.971. The predicted octanol–water partition coefficient (Wildman–Crippen LogP) is 3.54. The molecule has 0 aromatic rings. The first-order valence-corrected chi connectivity index (χ1v) is 14.7. The lowest BCUT2D eigenvalue weighted by Crippen LogP contribution is -2.58. The van der Waals surface area contributed by atoms with E-state index < -0.39 is 23.5 Å². The summed E-state index contributed by atoms with van der Waals surface area (Å²) in [6, 6.07) is -0.731. The Hall–Kier alpha value is -2.19. The fraction of sp³-hybridized carbons (Fsp3) is 0.767. The van der Waals surface area contributed by atoms with Gasteiger partial charge in [-0.1, -0.05) is 45.3 Å². The maximum atomic E-state index is 14.3. The smallest absolute Gasteiger partial charge is 0.248 e. The number of likely N-dealkylation sites (tertiary alicyclic amines) is 1. The van der Waals surface area contributed by atoms with Crippen molar-refractivity contribution in [3.05, 3.63) is 25.3 Å².